The van der Waals surface area contributed by atoms with Gasteiger partial charge in [0.25, 0.3) is 15.9 Å². The Kier molecular flexibility index (Phi) is 6.39. The van der Waals surface area contributed by atoms with Crippen LogP contribution in [0.4, 0.5) is 5.69 Å². The molecule has 0 atom stereocenters. The highest BCUT2D eigenvalue weighted by molar-refractivity contribution is 8.14. The number of aliphatic imine (C=N–C) groups is 1. The van der Waals surface area contributed by atoms with Crippen LogP contribution in [0, 0.1) is 0 Å². The third-order valence-corrected chi connectivity index (χ3v) is 7.36. The van der Waals surface area contributed by atoms with Gasteiger partial charge in [-0.2, -0.15) is 0 Å². The van der Waals surface area contributed by atoms with Crippen LogP contribution in [0.5, 0.6) is 0 Å². The fourth-order valence-electron chi connectivity index (χ4n) is 3.16. The zero-order chi connectivity index (χ0) is 21.7. The van der Waals surface area contributed by atoms with Crippen molar-refractivity contribution >= 4 is 38.5 Å². The number of sulfonamides is 1. The normalized spacial score (nSPS) is 13.5. The highest BCUT2D eigenvalue weighted by atomic mass is 32.2. The molecule has 1 aliphatic heterocycles. The Balaban J connectivity index is 1.67. The maximum atomic E-state index is 13.6. The number of carbonyl (C=O) groups is 1. The van der Waals surface area contributed by atoms with E-state index in [9.17, 15) is 13.2 Å². The number of rotatable bonds is 6. The number of amidine groups is 1. The second-order valence-electron chi connectivity index (χ2n) is 6.85. The van der Waals surface area contributed by atoms with Crippen LogP contribution in [-0.2, 0) is 16.6 Å². The first-order chi connectivity index (χ1) is 15.0. The number of hydrogen-bond acceptors (Lipinski definition) is 5. The Morgan fingerprint density at radius 2 is 1.68 bits per heavy atom. The average molecular weight is 452 g/mol. The molecule has 0 unspecified atom stereocenters. The summed E-state index contributed by atoms with van der Waals surface area (Å²) in [5.41, 5.74) is 1.68. The van der Waals surface area contributed by atoms with Crippen LogP contribution in [0.1, 0.15) is 15.9 Å². The predicted octanol–water partition coefficient (Wildman–Crippen LogP) is 3.91. The predicted molar refractivity (Wildman–Crippen MR) is 125 cm³/mol. The Morgan fingerprint density at radius 3 is 2.35 bits per heavy atom. The summed E-state index contributed by atoms with van der Waals surface area (Å²) in [6.45, 7) is 0.845. The number of carbonyl (C=O) groups excluding carboxylic acids is 1. The van der Waals surface area contributed by atoms with E-state index in [-0.39, 0.29) is 22.9 Å². The summed E-state index contributed by atoms with van der Waals surface area (Å²) in [5.74, 6) is 0.453. The lowest BCUT2D eigenvalue weighted by molar-refractivity contribution is 0.0977. The first-order valence-corrected chi connectivity index (χ1v) is 12.2. The van der Waals surface area contributed by atoms with Crippen molar-refractivity contribution in [2.45, 2.75) is 11.4 Å². The molecule has 1 amide bonds. The average Bonchev–Trinajstić information content (AvgIpc) is 3.32. The maximum Gasteiger partial charge on any atom is 0.264 e. The van der Waals surface area contributed by atoms with Crippen LogP contribution in [0.3, 0.4) is 0 Å². The van der Waals surface area contributed by atoms with Crippen molar-refractivity contribution in [1.82, 2.24) is 5.32 Å². The lowest BCUT2D eigenvalue weighted by Gasteiger charge is -2.25. The van der Waals surface area contributed by atoms with E-state index in [0.29, 0.717) is 17.4 Å². The van der Waals surface area contributed by atoms with Gasteiger partial charge in [0.15, 0.2) is 5.17 Å². The lowest BCUT2D eigenvalue weighted by Crippen LogP contribution is -2.31. The second-order valence-corrected chi connectivity index (χ2v) is 9.80. The van der Waals surface area contributed by atoms with Gasteiger partial charge in [0.05, 0.1) is 23.7 Å². The number of nitrogens with one attached hydrogen (secondary N) is 1. The van der Waals surface area contributed by atoms with Crippen molar-refractivity contribution in [1.29, 1.82) is 0 Å². The summed E-state index contributed by atoms with van der Waals surface area (Å²) < 4.78 is 28.6. The monoisotopic (exact) mass is 451 g/mol. The van der Waals surface area contributed by atoms with Crippen molar-refractivity contribution in [2.75, 3.05) is 16.6 Å². The van der Waals surface area contributed by atoms with Gasteiger partial charge in [-0.3, -0.25) is 14.1 Å². The quantitative estimate of drug-likeness (QED) is 0.616. The highest BCUT2D eigenvalue weighted by Crippen LogP contribution is 2.26. The summed E-state index contributed by atoms with van der Waals surface area (Å²) in [4.78, 5) is 16.9. The van der Waals surface area contributed by atoms with Gasteiger partial charge < -0.3 is 5.32 Å². The molecule has 158 valence electrons. The number of amides is 1. The van der Waals surface area contributed by atoms with Crippen molar-refractivity contribution in [3.63, 3.8) is 0 Å². The van der Waals surface area contributed by atoms with Crippen LogP contribution in [0.2, 0.25) is 0 Å². The Bertz CT molecular complexity index is 1200. The number of anilines is 1. The zero-order valence-electron chi connectivity index (χ0n) is 16.6. The highest BCUT2D eigenvalue weighted by Gasteiger charge is 2.26. The molecule has 6 nitrogen and oxygen atoms in total. The largest absolute Gasteiger partial charge is 0.301 e. The molecule has 0 aromatic heterocycles. The number of hydrogen-bond donors (Lipinski definition) is 1. The summed E-state index contributed by atoms with van der Waals surface area (Å²) in [7, 11) is -3.92. The SMILES string of the molecule is O=C(NC1=NCCS1)c1cccc(S(=O)(=O)N(Cc2ccccc2)c2ccccc2)c1. The summed E-state index contributed by atoms with van der Waals surface area (Å²) in [6, 6.07) is 24.4. The maximum absolute atomic E-state index is 13.6. The third-order valence-electron chi connectivity index (χ3n) is 4.70. The Labute approximate surface area is 186 Å². The third kappa shape index (κ3) is 4.98. The van der Waals surface area contributed by atoms with E-state index in [1.54, 1.807) is 36.4 Å². The number of para-hydroxylation sites is 1. The first kappa shape index (κ1) is 21.1. The molecule has 1 N–H and O–H groups in total. The molecule has 3 aromatic carbocycles. The fourth-order valence-corrected chi connectivity index (χ4v) is 5.39. The second kappa shape index (κ2) is 9.36. The molecule has 3 aromatic rings. The van der Waals surface area contributed by atoms with E-state index >= 15 is 0 Å². The molecule has 0 bridgehead atoms. The molecule has 0 aliphatic carbocycles. The van der Waals surface area contributed by atoms with Crippen LogP contribution >= 0.6 is 11.8 Å². The molecular formula is C23H21N3O3S2. The molecule has 0 radical (unpaired) electrons. The Hall–Kier alpha value is -3.10. The summed E-state index contributed by atoms with van der Waals surface area (Å²) >= 11 is 1.47. The van der Waals surface area contributed by atoms with E-state index in [1.807, 2.05) is 36.4 Å². The minimum Gasteiger partial charge on any atom is -0.301 e. The molecule has 0 saturated carbocycles. The first-order valence-electron chi connectivity index (χ1n) is 9.74. The molecule has 8 heteroatoms. The van der Waals surface area contributed by atoms with E-state index in [0.717, 1.165) is 11.3 Å². The van der Waals surface area contributed by atoms with E-state index < -0.39 is 10.0 Å². The topological polar surface area (TPSA) is 78.8 Å². The zero-order valence-corrected chi connectivity index (χ0v) is 18.3. The van der Waals surface area contributed by atoms with Crippen molar-refractivity contribution < 1.29 is 13.2 Å². The van der Waals surface area contributed by atoms with Gasteiger partial charge >= 0.3 is 0 Å². The summed E-state index contributed by atoms with van der Waals surface area (Å²) in [5, 5.41) is 3.30. The van der Waals surface area contributed by atoms with Crippen LogP contribution < -0.4 is 9.62 Å². The molecule has 0 saturated heterocycles. The van der Waals surface area contributed by atoms with Gasteiger partial charge in [0.1, 0.15) is 0 Å². The van der Waals surface area contributed by atoms with Gasteiger partial charge in [-0.25, -0.2) is 8.42 Å². The van der Waals surface area contributed by atoms with Crippen LogP contribution in [0.15, 0.2) is 94.8 Å². The summed E-state index contributed by atoms with van der Waals surface area (Å²) in [6.07, 6.45) is 0. The van der Waals surface area contributed by atoms with Gasteiger partial charge in [0, 0.05) is 11.3 Å². The molecule has 0 fully saturated rings. The Morgan fingerprint density at radius 1 is 0.968 bits per heavy atom. The minimum atomic E-state index is -3.92. The molecule has 4 rings (SSSR count). The van der Waals surface area contributed by atoms with Crippen molar-refractivity contribution in [3.8, 4) is 0 Å². The molecule has 1 aliphatic rings. The molecular weight excluding hydrogens is 430 g/mol. The van der Waals surface area contributed by atoms with E-state index in [1.165, 1.54) is 28.2 Å². The standard InChI is InChI=1S/C23H21N3O3S2/c27-22(25-23-24-14-15-30-23)19-10-7-13-21(16-19)31(28,29)26(20-11-5-2-6-12-20)17-18-8-3-1-4-9-18/h1-13,16H,14-15,17H2,(H,24,25,27). The van der Waals surface area contributed by atoms with Gasteiger partial charge in [-0.15, -0.1) is 0 Å². The van der Waals surface area contributed by atoms with Gasteiger partial charge in [0.2, 0.25) is 0 Å². The van der Waals surface area contributed by atoms with Crippen molar-refractivity contribution in [2.24, 2.45) is 4.99 Å². The minimum absolute atomic E-state index is 0.0564. The van der Waals surface area contributed by atoms with Crippen molar-refractivity contribution in [3.05, 3.63) is 96.1 Å². The smallest absolute Gasteiger partial charge is 0.264 e. The fraction of sp³-hybridized carbons (Fsp3) is 0.130. The van der Waals surface area contributed by atoms with Crippen LogP contribution in [-0.4, -0.2) is 31.8 Å². The van der Waals surface area contributed by atoms with E-state index in [4.69, 9.17) is 0 Å². The molecule has 31 heavy (non-hydrogen) atoms. The van der Waals surface area contributed by atoms with E-state index in [2.05, 4.69) is 10.3 Å². The van der Waals surface area contributed by atoms with Gasteiger partial charge in [-0.1, -0.05) is 66.4 Å². The number of thioether (sulfide) groups is 1. The number of nitrogens with zero attached hydrogens (tertiary/aromatic N) is 2. The van der Waals surface area contributed by atoms with Crippen LogP contribution in [0.25, 0.3) is 0 Å². The lowest BCUT2D eigenvalue weighted by atomic mass is 10.2. The van der Waals surface area contributed by atoms with Gasteiger partial charge in [-0.05, 0) is 35.9 Å². The number of benzene rings is 3. The molecule has 1 heterocycles. The molecule has 0 spiro atoms.